The molecule has 0 fully saturated rings. The van der Waals surface area contributed by atoms with Crippen LogP contribution in [0.1, 0.15) is 11.1 Å². The third-order valence-electron chi connectivity index (χ3n) is 12.8. The first-order chi connectivity index (χ1) is 33.3. The Morgan fingerprint density at radius 1 is 0.368 bits per heavy atom. The number of nitrogens with zero attached hydrogens (tertiary/aromatic N) is 5. The molecule has 0 N–H and O–H groups in total. The van der Waals surface area contributed by atoms with Crippen molar-refractivity contribution in [3.63, 3.8) is 0 Å². The van der Waals surface area contributed by atoms with Gasteiger partial charge in [-0.1, -0.05) is 140 Å². The van der Waals surface area contributed by atoms with Crippen molar-refractivity contribution in [1.82, 2.24) is 19.1 Å². The van der Waals surface area contributed by atoms with E-state index in [2.05, 4.69) is 57.7 Å². The van der Waals surface area contributed by atoms with E-state index in [1.165, 1.54) is 12.1 Å². The lowest BCUT2D eigenvalue weighted by atomic mass is 9.94. The highest BCUT2D eigenvalue weighted by Gasteiger charge is 2.34. The van der Waals surface area contributed by atoms with Crippen LogP contribution < -0.4 is 0 Å². The summed E-state index contributed by atoms with van der Waals surface area (Å²) in [4.78, 5) is 10.1. The molecule has 0 aliphatic heterocycles. The molecular formula is C60H36F3N5. The molecule has 322 valence electrons. The molecule has 8 aromatic carbocycles. The number of alkyl halides is 3. The number of halogens is 3. The number of rotatable bonds is 7. The molecule has 5 nitrogen and oxygen atoms in total. The van der Waals surface area contributed by atoms with Gasteiger partial charge in [-0.05, 0) is 84.4 Å². The summed E-state index contributed by atoms with van der Waals surface area (Å²) in [6.07, 6.45) is -4.67. The maximum absolute atomic E-state index is 14.9. The number of hydrogen-bond acceptors (Lipinski definition) is 3. The van der Waals surface area contributed by atoms with Gasteiger partial charge in [0.25, 0.3) is 0 Å². The molecule has 0 unspecified atom stereocenters. The Balaban J connectivity index is 1.12. The number of benzene rings is 8. The molecule has 0 amide bonds. The van der Waals surface area contributed by atoms with Crippen LogP contribution >= 0.6 is 0 Å². The normalized spacial score (nSPS) is 11.7. The molecule has 0 radical (unpaired) electrons. The summed E-state index contributed by atoms with van der Waals surface area (Å²) in [6, 6.07) is 72.1. The van der Waals surface area contributed by atoms with Gasteiger partial charge in [0.2, 0.25) is 0 Å². The van der Waals surface area contributed by atoms with Crippen molar-refractivity contribution in [2.24, 2.45) is 0 Å². The summed E-state index contributed by atoms with van der Waals surface area (Å²) in [6.45, 7) is 0. The summed E-state index contributed by atoms with van der Waals surface area (Å²) in [5.41, 5.74) is 11.2. The molecule has 4 heterocycles. The second kappa shape index (κ2) is 16.1. The molecule has 12 aromatic rings. The van der Waals surface area contributed by atoms with Crippen molar-refractivity contribution in [3.8, 4) is 73.6 Å². The number of aromatic nitrogens is 4. The lowest BCUT2D eigenvalue weighted by Gasteiger charge is -2.21. The standard InChI is InChI=1S/C60H36F3N5/c61-60(62,63)49-22-10-7-19-43(49)46-36-59(68-55-28-12-9-21-45(55)48-34-41(30-32-57(48)68)53-26-14-24-51(66-53)39-17-5-2-6-18-39)58(35-42(46)37-64)67-54-27-11-8-20-44(54)47-33-40(29-31-56(47)67)52-25-13-23-50(65-52)38-15-3-1-4-16-38/h1-36H. The first-order valence-corrected chi connectivity index (χ1v) is 22.2. The summed E-state index contributed by atoms with van der Waals surface area (Å²) in [5, 5.41) is 14.7. The van der Waals surface area contributed by atoms with Crippen LogP contribution in [0.4, 0.5) is 13.2 Å². The summed E-state index contributed by atoms with van der Waals surface area (Å²) >= 11 is 0. The third kappa shape index (κ3) is 6.79. The zero-order chi connectivity index (χ0) is 45.9. The van der Waals surface area contributed by atoms with Crippen molar-refractivity contribution in [1.29, 1.82) is 5.26 Å². The van der Waals surface area contributed by atoms with Gasteiger partial charge in [-0.3, -0.25) is 0 Å². The maximum atomic E-state index is 14.9. The lowest BCUT2D eigenvalue weighted by molar-refractivity contribution is -0.137. The van der Waals surface area contributed by atoms with Gasteiger partial charge in [0, 0.05) is 49.4 Å². The third-order valence-corrected chi connectivity index (χ3v) is 12.8. The molecule has 0 saturated heterocycles. The van der Waals surface area contributed by atoms with Crippen molar-refractivity contribution in [3.05, 3.63) is 230 Å². The van der Waals surface area contributed by atoms with Gasteiger partial charge >= 0.3 is 6.18 Å². The van der Waals surface area contributed by atoms with Gasteiger partial charge in [0.1, 0.15) is 0 Å². The Morgan fingerprint density at radius 2 is 0.794 bits per heavy atom. The largest absolute Gasteiger partial charge is 0.417 e. The van der Waals surface area contributed by atoms with E-state index in [0.717, 1.165) is 94.7 Å². The fourth-order valence-electron chi connectivity index (χ4n) is 9.73. The first kappa shape index (κ1) is 40.4. The van der Waals surface area contributed by atoms with Gasteiger partial charge in [-0.15, -0.1) is 0 Å². The highest BCUT2D eigenvalue weighted by atomic mass is 19.4. The molecule has 0 aliphatic rings. The quantitative estimate of drug-likeness (QED) is 0.160. The van der Waals surface area contributed by atoms with Gasteiger partial charge in [-0.2, -0.15) is 18.4 Å². The van der Waals surface area contributed by atoms with Crippen molar-refractivity contribution >= 4 is 43.6 Å². The summed E-state index contributed by atoms with van der Waals surface area (Å²) in [5.74, 6) is 0. The number of hydrogen-bond donors (Lipinski definition) is 0. The van der Waals surface area contributed by atoms with Crippen molar-refractivity contribution in [2.45, 2.75) is 6.18 Å². The fraction of sp³-hybridized carbons (Fsp3) is 0.0167. The first-order valence-electron chi connectivity index (χ1n) is 22.2. The number of nitriles is 1. The summed E-state index contributed by atoms with van der Waals surface area (Å²) < 4.78 is 48.9. The van der Waals surface area contributed by atoms with E-state index in [1.807, 2.05) is 140 Å². The second-order valence-electron chi connectivity index (χ2n) is 16.8. The fourth-order valence-corrected chi connectivity index (χ4v) is 9.73. The zero-order valence-electron chi connectivity index (χ0n) is 36.2. The average Bonchev–Trinajstić information content (AvgIpc) is 3.90. The predicted molar refractivity (Wildman–Crippen MR) is 268 cm³/mol. The topological polar surface area (TPSA) is 59.4 Å². The predicted octanol–water partition coefficient (Wildman–Crippen LogP) is 15.9. The Hall–Kier alpha value is -9.06. The summed E-state index contributed by atoms with van der Waals surface area (Å²) in [7, 11) is 0. The molecule has 12 rings (SSSR count). The van der Waals surface area contributed by atoms with Gasteiger partial charge in [-0.25, -0.2) is 9.97 Å². The number of para-hydroxylation sites is 2. The average molecular weight is 884 g/mol. The van der Waals surface area contributed by atoms with Crippen LogP contribution in [0.2, 0.25) is 0 Å². The van der Waals surface area contributed by atoms with Crippen LogP contribution in [0.3, 0.4) is 0 Å². The molecule has 0 aliphatic carbocycles. The van der Waals surface area contributed by atoms with Crippen LogP contribution in [-0.2, 0) is 6.18 Å². The highest BCUT2D eigenvalue weighted by Crippen LogP contribution is 2.44. The Bertz CT molecular complexity index is 3970. The van der Waals surface area contributed by atoms with E-state index < -0.39 is 11.7 Å². The molecule has 8 heteroatoms. The van der Waals surface area contributed by atoms with E-state index in [1.54, 1.807) is 18.2 Å². The van der Waals surface area contributed by atoms with Crippen LogP contribution in [0.25, 0.3) is 111 Å². The van der Waals surface area contributed by atoms with E-state index in [0.29, 0.717) is 11.4 Å². The monoisotopic (exact) mass is 883 g/mol. The van der Waals surface area contributed by atoms with Crippen molar-refractivity contribution in [2.75, 3.05) is 0 Å². The molecule has 68 heavy (non-hydrogen) atoms. The molecule has 0 bridgehead atoms. The molecular weight excluding hydrogens is 848 g/mol. The van der Waals surface area contributed by atoms with E-state index >= 15 is 0 Å². The molecule has 0 spiro atoms. The Labute approximate surface area is 388 Å². The molecule has 4 aromatic heterocycles. The minimum atomic E-state index is -4.67. The van der Waals surface area contributed by atoms with Crippen LogP contribution in [0, 0.1) is 11.3 Å². The molecule has 0 saturated carbocycles. The number of fused-ring (bicyclic) bond motifs is 6. The van der Waals surface area contributed by atoms with Crippen molar-refractivity contribution < 1.29 is 13.2 Å². The van der Waals surface area contributed by atoms with E-state index in [-0.39, 0.29) is 16.7 Å². The second-order valence-corrected chi connectivity index (χ2v) is 16.8. The Morgan fingerprint density at radius 3 is 1.29 bits per heavy atom. The van der Waals surface area contributed by atoms with E-state index in [9.17, 15) is 18.4 Å². The van der Waals surface area contributed by atoms with Crippen LogP contribution in [0.5, 0.6) is 0 Å². The van der Waals surface area contributed by atoms with Gasteiger partial charge in [0.15, 0.2) is 0 Å². The lowest BCUT2D eigenvalue weighted by Crippen LogP contribution is -2.09. The van der Waals surface area contributed by atoms with Crippen LogP contribution in [-0.4, -0.2) is 19.1 Å². The molecule has 0 atom stereocenters. The minimum Gasteiger partial charge on any atom is -0.307 e. The van der Waals surface area contributed by atoms with Gasteiger partial charge < -0.3 is 9.13 Å². The SMILES string of the molecule is N#Cc1cc(-n2c3ccccc3c3cc(-c4cccc(-c5ccccc5)n4)ccc32)c(-n2c3ccccc3c3cc(-c4cccc(-c5ccccc5)n4)ccc32)cc1-c1ccccc1C(F)(F)F. The van der Waals surface area contributed by atoms with Crippen LogP contribution in [0.15, 0.2) is 218 Å². The smallest absolute Gasteiger partial charge is 0.307 e. The zero-order valence-corrected chi connectivity index (χ0v) is 36.2. The van der Waals surface area contributed by atoms with E-state index in [4.69, 9.17) is 9.97 Å². The maximum Gasteiger partial charge on any atom is 0.417 e. The van der Waals surface area contributed by atoms with Gasteiger partial charge in [0.05, 0.1) is 73.4 Å². The Kier molecular flexibility index (Phi) is 9.59. The number of pyridine rings is 2. The minimum absolute atomic E-state index is 0.0751. The highest BCUT2D eigenvalue weighted by molar-refractivity contribution is 6.13.